The highest BCUT2D eigenvalue weighted by atomic mass is 35.5. The third kappa shape index (κ3) is 5.02. The lowest BCUT2D eigenvalue weighted by Crippen LogP contribution is -2.45. The summed E-state index contributed by atoms with van der Waals surface area (Å²) in [7, 11) is 1.32. The lowest BCUT2D eigenvalue weighted by molar-refractivity contribution is -0.143. The van der Waals surface area contributed by atoms with E-state index in [0.29, 0.717) is 0 Å². The maximum Gasteiger partial charge on any atom is 0.328 e. The third-order valence-corrected chi connectivity index (χ3v) is 2.52. The van der Waals surface area contributed by atoms with Crippen LogP contribution in [0.3, 0.4) is 0 Å². The number of aliphatic carboxylic acids is 1. The van der Waals surface area contributed by atoms with Crippen LogP contribution in [0.4, 0.5) is 4.39 Å². The van der Waals surface area contributed by atoms with E-state index in [4.69, 9.17) is 21.4 Å². The van der Waals surface area contributed by atoms with Crippen molar-refractivity contribution in [1.82, 2.24) is 5.32 Å². The van der Waals surface area contributed by atoms with E-state index in [1.54, 1.807) is 0 Å². The van der Waals surface area contributed by atoms with Gasteiger partial charge in [0, 0.05) is 13.2 Å². The molecule has 1 unspecified atom stereocenters. The predicted molar refractivity (Wildman–Crippen MR) is 68.3 cm³/mol. The topological polar surface area (TPSA) is 84.9 Å². The van der Waals surface area contributed by atoms with Crippen LogP contribution < -0.4 is 10.1 Å². The Labute approximate surface area is 119 Å². The molecule has 0 heterocycles. The number of amides is 1. The molecule has 110 valence electrons. The smallest absolute Gasteiger partial charge is 0.328 e. The largest absolute Gasteiger partial charge is 0.484 e. The molecule has 1 rings (SSSR count). The van der Waals surface area contributed by atoms with Gasteiger partial charge in [0.2, 0.25) is 0 Å². The first-order chi connectivity index (χ1) is 9.43. The minimum absolute atomic E-state index is 0.134. The fourth-order valence-corrected chi connectivity index (χ4v) is 1.46. The number of rotatable bonds is 7. The second kappa shape index (κ2) is 7.66. The van der Waals surface area contributed by atoms with Crippen molar-refractivity contribution in [2.45, 2.75) is 6.04 Å². The number of halogens is 2. The second-order valence-corrected chi connectivity index (χ2v) is 4.19. The van der Waals surface area contributed by atoms with Gasteiger partial charge in [-0.1, -0.05) is 11.6 Å². The van der Waals surface area contributed by atoms with E-state index in [9.17, 15) is 14.0 Å². The average Bonchev–Trinajstić information content (AvgIpc) is 2.39. The van der Waals surface area contributed by atoms with Gasteiger partial charge in [0.05, 0.1) is 11.6 Å². The Morgan fingerprint density at radius 3 is 2.75 bits per heavy atom. The fraction of sp³-hybridized carbons (Fsp3) is 0.333. The molecule has 0 spiro atoms. The van der Waals surface area contributed by atoms with Crippen LogP contribution in [-0.2, 0) is 14.3 Å². The molecule has 0 bridgehead atoms. The molecular weight excluding hydrogens is 293 g/mol. The first-order valence-electron chi connectivity index (χ1n) is 5.53. The molecule has 2 N–H and O–H groups in total. The molecule has 0 saturated carbocycles. The molecule has 0 saturated heterocycles. The third-order valence-electron chi connectivity index (χ3n) is 2.23. The van der Waals surface area contributed by atoms with Crippen molar-refractivity contribution in [2.24, 2.45) is 0 Å². The number of benzene rings is 1. The number of carbonyl (C=O) groups is 2. The Balaban J connectivity index is 2.50. The Morgan fingerprint density at radius 2 is 2.20 bits per heavy atom. The van der Waals surface area contributed by atoms with Crippen LogP contribution in [0.1, 0.15) is 0 Å². The van der Waals surface area contributed by atoms with Gasteiger partial charge < -0.3 is 19.9 Å². The standard InChI is InChI=1S/C12H13ClFNO5/c1-19-5-10(12(17)18)15-11(16)6-20-7-2-3-9(14)8(13)4-7/h2-4,10H,5-6H2,1H3,(H,15,16)(H,17,18). The van der Waals surface area contributed by atoms with Crippen LogP contribution in [0.5, 0.6) is 5.75 Å². The molecule has 1 aromatic rings. The molecule has 1 amide bonds. The summed E-state index contributed by atoms with van der Waals surface area (Å²) in [5.74, 6) is -2.26. The number of carbonyl (C=O) groups excluding carboxylic acids is 1. The van der Waals surface area contributed by atoms with Gasteiger partial charge in [0.15, 0.2) is 12.6 Å². The van der Waals surface area contributed by atoms with E-state index >= 15 is 0 Å². The van der Waals surface area contributed by atoms with Gasteiger partial charge in [0.1, 0.15) is 11.6 Å². The fourth-order valence-electron chi connectivity index (χ4n) is 1.29. The Kier molecular flexibility index (Phi) is 6.20. The molecule has 6 nitrogen and oxygen atoms in total. The molecule has 0 fully saturated rings. The molecule has 1 atom stereocenters. The van der Waals surface area contributed by atoms with Gasteiger partial charge in [-0.3, -0.25) is 4.79 Å². The predicted octanol–water partition coefficient (Wildman–Crippen LogP) is 1.07. The maximum atomic E-state index is 12.9. The summed E-state index contributed by atoms with van der Waals surface area (Å²) in [4.78, 5) is 22.3. The number of carboxylic acid groups (broad SMARTS) is 1. The Morgan fingerprint density at radius 1 is 1.50 bits per heavy atom. The quantitative estimate of drug-likeness (QED) is 0.787. The van der Waals surface area contributed by atoms with Gasteiger partial charge in [-0.2, -0.15) is 0 Å². The van der Waals surface area contributed by atoms with Crippen LogP contribution in [0.25, 0.3) is 0 Å². The Hall–Kier alpha value is -1.86. The molecule has 0 radical (unpaired) electrons. The van der Waals surface area contributed by atoms with Crippen LogP contribution in [-0.4, -0.2) is 43.3 Å². The molecule has 1 aromatic carbocycles. The summed E-state index contributed by atoms with van der Waals surface area (Å²) in [5.41, 5.74) is 0. The first-order valence-corrected chi connectivity index (χ1v) is 5.90. The van der Waals surface area contributed by atoms with Crippen LogP contribution in [0, 0.1) is 5.82 Å². The number of hydrogen-bond donors (Lipinski definition) is 2. The Bertz CT molecular complexity index is 497. The number of nitrogens with one attached hydrogen (secondary N) is 1. The molecule has 20 heavy (non-hydrogen) atoms. The average molecular weight is 306 g/mol. The summed E-state index contributed by atoms with van der Waals surface area (Å²) in [6.07, 6.45) is 0. The lowest BCUT2D eigenvalue weighted by atomic mass is 10.3. The van der Waals surface area contributed by atoms with Gasteiger partial charge >= 0.3 is 5.97 Å². The van der Waals surface area contributed by atoms with Crippen molar-refractivity contribution in [3.8, 4) is 5.75 Å². The molecular formula is C12H13ClFNO5. The molecule has 8 heteroatoms. The molecule has 0 aliphatic rings. The number of ether oxygens (including phenoxy) is 2. The summed E-state index contributed by atoms with van der Waals surface area (Å²) >= 11 is 5.55. The normalized spacial score (nSPS) is 11.8. The molecule has 0 aromatic heterocycles. The summed E-state index contributed by atoms with van der Waals surface area (Å²) < 4.78 is 22.6. The van der Waals surface area contributed by atoms with Crippen LogP contribution in [0.2, 0.25) is 5.02 Å². The van der Waals surface area contributed by atoms with E-state index < -0.39 is 30.3 Å². The minimum Gasteiger partial charge on any atom is -0.484 e. The highest BCUT2D eigenvalue weighted by Gasteiger charge is 2.19. The van der Waals surface area contributed by atoms with E-state index in [2.05, 4.69) is 10.1 Å². The van der Waals surface area contributed by atoms with E-state index in [1.165, 1.54) is 19.2 Å². The van der Waals surface area contributed by atoms with Gasteiger partial charge in [-0.25, -0.2) is 9.18 Å². The number of methoxy groups -OCH3 is 1. The van der Waals surface area contributed by atoms with E-state index in [-0.39, 0.29) is 17.4 Å². The van der Waals surface area contributed by atoms with Gasteiger partial charge in [-0.05, 0) is 12.1 Å². The van der Waals surface area contributed by atoms with Crippen molar-refractivity contribution >= 4 is 23.5 Å². The van der Waals surface area contributed by atoms with Gasteiger partial charge in [0.25, 0.3) is 5.91 Å². The minimum atomic E-state index is -1.22. The maximum absolute atomic E-state index is 12.9. The monoisotopic (exact) mass is 305 g/mol. The summed E-state index contributed by atoms with van der Waals surface area (Å²) in [5, 5.41) is 10.9. The summed E-state index contributed by atoms with van der Waals surface area (Å²) in [6, 6.07) is 2.46. The van der Waals surface area contributed by atoms with Gasteiger partial charge in [-0.15, -0.1) is 0 Å². The number of carboxylic acids is 1. The zero-order valence-electron chi connectivity index (χ0n) is 10.6. The number of hydrogen-bond acceptors (Lipinski definition) is 4. The second-order valence-electron chi connectivity index (χ2n) is 3.78. The van der Waals surface area contributed by atoms with Crippen molar-refractivity contribution in [2.75, 3.05) is 20.3 Å². The van der Waals surface area contributed by atoms with Crippen molar-refractivity contribution in [3.05, 3.63) is 29.0 Å². The van der Waals surface area contributed by atoms with Crippen LogP contribution >= 0.6 is 11.6 Å². The SMILES string of the molecule is COCC(NC(=O)COc1ccc(F)c(Cl)c1)C(=O)O. The highest BCUT2D eigenvalue weighted by molar-refractivity contribution is 6.30. The zero-order chi connectivity index (χ0) is 15.1. The van der Waals surface area contributed by atoms with Crippen LogP contribution in [0.15, 0.2) is 18.2 Å². The molecule has 0 aliphatic heterocycles. The van der Waals surface area contributed by atoms with Crippen molar-refractivity contribution < 1.29 is 28.6 Å². The van der Waals surface area contributed by atoms with E-state index in [0.717, 1.165) is 6.07 Å². The first kappa shape index (κ1) is 16.2. The highest BCUT2D eigenvalue weighted by Crippen LogP contribution is 2.20. The molecule has 0 aliphatic carbocycles. The van der Waals surface area contributed by atoms with Crippen molar-refractivity contribution in [1.29, 1.82) is 0 Å². The lowest BCUT2D eigenvalue weighted by Gasteiger charge is -2.13. The summed E-state index contributed by atoms with van der Waals surface area (Å²) in [6.45, 7) is -0.584. The zero-order valence-corrected chi connectivity index (χ0v) is 11.3. The van der Waals surface area contributed by atoms with E-state index in [1.807, 2.05) is 0 Å². The van der Waals surface area contributed by atoms with Crippen molar-refractivity contribution in [3.63, 3.8) is 0 Å².